The molecule has 2 radical (unpaired) electrons. The van der Waals surface area contributed by atoms with Crippen molar-refractivity contribution in [3.05, 3.63) is 0 Å². The maximum atomic E-state index is 8.05. The number of hydrogen-bond acceptors (Lipinski definition) is 4. The summed E-state index contributed by atoms with van der Waals surface area (Å²) < 4.78 is 0. The van der Waals surface area contributed by atoms with Crippen molar-refractivity contribution in [3.8, 4) is 5.97 Å². The van der Waals surface area contributed by atoms with E-state index in [-0.39, 0.29) is 6.16 Å². The SMILES string of the molecule is CC[P+](O)(O)O.[B]C#N. The first-order chi connectivity index (χ1) is 3.97. The smallest absolute Gasteiger partial charge is 0.214 e. The van der Waals surface area contributed by atoms with Crippen LogP contribution in [0, 0.1) is 11.2 Å². The number of nitriles is 1. The van der Waals surface area contributed by atoms with Gasteiger partial charge in [-0.25, -0.2) is 5.26 Å². The minimum atomic E-state index is -3.40. The van der Waals surface area contributed by atoms with Gasteiger partial charge in [-0.15, -0.1) is 0 Å². The van der Waals surface area contributed by atoms with Gasteiger partial charge in [0.15, 0.2) is 0 Å². The summed E-state index contributed by atoms with van der Waals surface area (Å²) >= 11 is 0. The van der Waals surface area contributed by atoms with Crippen molar-refractivity contribution in [2.45, 2.75) is 6.92 Å². The Bertz CT molecular complexity index is 96.2. The molecular formula is C3H8BNO3P+. The molecule has 9 heavy (non-hydrogen) atoms. The average molecular weight is 148 g/mol. The lowest BCUT2D eigenvalue weighted by Gasteiger charge is -1.95. The zero-order valence-corrected chi connectivity index (χ0v) is 5.91. The highest BCUT2D eigenvalue weighted by Gasteiger charge is 2.24. The molecule has 0 aliphatic heterocycles. The lowest BCUT2D eigenvalue weighted by Crippen LogP contribution is -1.88. The van der Waals surface area contributed by atoms with Gasteiger partial charge in [0.2, 0.25) is 7.85 Å². The maximum Gasteiger partial charge on any atom is 0.403 e. The molecule has 0 amide bonds. The molecule has 50 valence electrons. The summed E-state index contributed by atoms with van der Waals surface area (Å²) in [6.45, 7) is 1.51. The van der Waals surface area contributed by atoms with E-state index in [1.54, 1.807) is 0 Å². The van der Waals surface area contributed by atoms with Crippen LogP contribution in [-0.2, 0) is 0 Å². The topological polar surface area (TPSA) is 84.5 Å². The molecular weight excluding hydrogens is 140 g/mol. The monoisotopic (exact) mass is 148 g/mol. The predicted molar refractivity (Wildman–Crippen MR) is 35.5 cm³/mol. The molecule has 3 N–H and O–H groups in total. The zero-order chi connectivity index (χ0) is 7.91. The molecule has 0 aromatic rings. The van der Waals surface area contributed by atoms with E-state index in [0.29, 0.717) is 0 Å². The van der Waals surface area contributed by atoms with Crippen molar-refractivity contribution in [3.63, 3.8) is 0 Å². The first-order valence-corrected chi connectivity index (χ1v) is 3.97. The summed E-state index contributed by atoms with van der Waals surface area (Å²) in [4.78, 5) is 24.1. The Kier molecular flexibility index (Phi) is 7.75. The second-order valence-corrected chi connectivity index (χ2v) is 3.16. The largest absolute Gasteiger partial charge is 0.403 e. The third-order valence-corrected chi connectivity index (χ3v) is 1.27. The van der Waals surface area contributed by atoms with Gasteiger partial charge in [0.1, 0.15) is 6.16 Å². The first-order valence-electron chi connectivity index (χ1n) is 2.14. The zero-order valence-electron chi connectivity index (χ0n) is 5.02. The highest BCUT2D eigenvalue weighted by molar-refractivity contribution is 7.58. The van der Waals surface area contributed by atoms with E-state index in [1.165, 1.54) is 12.9 Å². The van der Waals surface area contributed by atoms with Crippen molar-refractivity contribution >= 4 is 15.8 Å². The standard InChI is InChI=1S/C2H8O3P.CBN/c1-2-6(3,4)5;2-1-3/h3-5H,2H2,1H3;/q+1;. The molecule has 0 aromatic heterocycles. The van der Waals surface area contributed by atoms with Crippen LogP contribution < -0.4 is 0 Å². The van der Waals surface area contributed by atoms with Gasteiger partial charge in [-0.3, -0.25) is 0 Å². The van der Waals surface area contributed by atoms with Crippen molar-refractivity contribution in [1.29, 1.82) is 5.26 Å². The van der Waals surface area contributed by atoms with E-state index in [9.17, 15) is 0 Å². The van der Waals surface area contributed by atoms with Crippen LogP contribution in [0.25, 0.3) is 0 Å². The summed E-state index contributed by atoms with van der Waals surface area (Å²) in [5.41, 5.74) is 0. The molecule has 0 heterocycles. The van der Waals surface area contributed by atoms with Gasteiger partial charge in [-0.05, 0) is 12.9 Å². The van der Waals surface area contributed by atoms with Crippen LogP contribution in [-0.4, -0.2) is 28.7 Å². The molecule has 0 atom stereocenters. The minimum Gasteiger partial charge on any atom is -0.214 e. The molecule has 6 heteroatoms. The Balaban J connectivity index is 0. The van der Waals surface area contributed by atoms with E-state index in [2.05, 4.69) is 7.85 Å². The second kappa shape index (κ2) is 5.99. The van der Waals surface area contributed by atoms with Crippen LogP contribution in [0.1, 0.15) is 6.92 Å². The summed E-state index contributed by atoms with van der Waals surface area (Å²) in [7, 11) is 0.756. The molecule has 0 rings (SSSR count). The fourth-order valence-electron chi connectivity index (χ4n) is 0. The van der Waals surface area contributed by atoms with E-state index >= 15 is 0 Å². The average Bonchev–Trinajstić information content (AvgIpc) is 1.67. The lowest BCUT2D eigenvalue weighted by molar-refractivity contribution is 0.332. The molecule has 0 aliphatic rings. The number of rotatable bonds is 1. The van der Waals surface area contributed by atoms with Gasteiger partial charge in [0.25, 0.3) is 0 Å². The first kappa shape index (κ1) is 11.6. The molecule has 0 aromatic carbocycles. The minimum absolute atomic E-state index is 0.0486. The Morgan fingerprint density at radius 1 is 1.56 bits per heavy atom. The highest BCUT2D eigenvalue weighted by atomic mass is 31.2. The summed E-state index contributed by atoms with van der Waals surface area (Å²) in [5, 5.41) is 7.10. The van der Waals surface area contributed by atoms with Gasteiger partial charge in [0, 0.05) is 0 Å². The summed E-state index contributed by atoms with van der Waals surface area (Å²) in [5.74, 6) is 1.25. The van der Waals surface area contributed by atoms with Gasteiger partial charge < -0.3 is 0 Å². The second-order valence-electron chi connectivity index (χ2n) is 1.14. The Morgan fingerprint density at radius 2 is 1.67 bits per heavy atom. The van der Waals surface area contributed by atoms with Crippen LogP contribution in [0.4, 0.5) is 0 Å². The summed E-state index contributed by atoms with van der Waals surface area (Å²) in [6, 6.07) is 0. The van der Waals surface area contributed by atoms with E-state index in [0.717, 1.165) is 0 Å². The van der Waals surface area contributed by atoms with Crippen LogP contribution in [0.15, 0.2) is 0 Å². The van der Waals surface area contributed by atoms with E-state index in [1.807, 2.05) is 0 Å². The third kappa shape index (κ3) is 33.0. The lowest BCUT2D eigenvalue weighted by atomic mass is 10.2. The number of nitrogens with zero attached hydrogens (tertiary/aromatic N) is 1. The third-order valence-electron chi connectivity index (χ3n) is 0.424. The molecule has 0 saturated heterocycles. The summed E-state index contributed by atoms with van der Waals surface area (Å²) in [6.07, 6.45) is 0.0486. The molecule has 0 fully saturated rings. The van der Waals surface area contributed by atoms with Crippen LogP contribution in [0.2, 0.25) is 0 Å². The Morgan fingerprint density at radius 3 is 1.67 bits per heavy atom. The highest BCUT2D eigenvalue weighted by Crippen LogP contribution is 2.43. The normalized spacial score (nSPS) is 8.78. The van der Waals surface area contributed by atoms with Crippen molar-refractivity contribution in [2.24, 2.45) is 0 Å². The quantitative estimate of drug-likeness (QED) is 0.341. The fourth-order valence-corrected chi connectivity index (χ4v) is 0. The maximum absolute atomic E-state index is 8.05. The Labute approximate surface area is 55.7 Å². The van der Waals surface area contributed by atoms with Crippen LogP contribution >= 0.6 is 7.94 Å². The fraction of sp³-hybridized carbons (Fsp3) is 0.667. The predicted octanol–water partition coefficient (Wildman–Crippen LogP) is -0.618. The van der Waals surface area contributed by atoms with Crippen LogP contribution in [0.3, 0.4) is 0 Å². The van der Waals surface area contributed by atoms with Crippen molar-refractivity contribution < 1.29 is 14.7 Å². The van der Waals surface area contributed by atoms with E-state index in [4.69, 9.17) is 19.9 Å². The molecule has 0 unspecified atom stereocenters. The van der Waals surface area contributed by atoms with Gasteiger partial charge in [0.05, 0.1) is 0 Å². The molecule has 0 bridgehead atoms. The molecule has 4 nitrogen and oxygen atoms in total. The van der Waals surface area contributed by atoms with E-state index < -0.39 is 7.94 Å². The van der Waals surface area contributed by atoms with Gasteiger partial charge in [-0.2, -0.15) is 14.7 Å². The Hall–Kier alpha value is -0.135. The van der Waals surface area contributed by atoms with Gasteiger partial charge >= 0.3 is 7.94 Å². The molecule has 0 saturated carbocycles. The van der Waals surface area contributed by atoms with Gasteiger partial charge in [-0.1, -0.05) is 0 Å². The number of hydrogen-bond donors (Lipinski definition) is 3. The van der Waals surface area contributed by atoms with Crippen LogP contribution in [0.5, 0.6) is 0 Å². The van der Waals surface area contributed by atoms with Crippen molar-refractivity contribution in [1.82, 2.24) is 0 Å². The van der Waals surface area contributed by atoms with Crippen molar-refractivity contribution in [2.75, 3.05) is 6.16 Å². The molecule has 0 aliphatic carbocycles. The molecule has 0 spiro atoms.